The minimum absolute atomic E-state index is 0.00773. The molecular formula is C7H10N2O. The average molecular weight is 138 g/mol. The summed E-state index contributed by atoms with van der Waals surface area (Å²) >= 11 is 0. The number of hydrogen-bond acceptors (Lipinski definition) is 2. The van der Waals surface area contributed by atoms with Crippen molar-refractivity contribution in [2.24, 2.45) is 0 Å². The average Bonchev–Trinajstić information content (AvgIpc) is 1.79. The van der Waals surface area contributed by atoms with E-state index in [-0.39, 0.29) is 11.9 Å². The van der Waals surface area contributed by atoms with Crippen molar-refractivity contribution in [3.63, 3.8) is 0 Å². The van der Waals surface area contributed by atoms with E-state index in [9.17, 15) is 4.79 Å². The summed E-state index contributed by atoms with van der Waals surface area (Å²) in [4.78, 5) is 10.9. The summed E-state index contributed by atoms with van der Waals surface area (Å²) in [5, 5.41) is 5.57. The lowest BCUT2D eigenvalue weighted by atomic mass is 10.1. The van der Waals surface area contributed by atoms with E-state index in [4.69, 9.17) is 6.42 Å². The molecule has 2 N–H and O–H groups in total. The largest absolute Gasteiger partial charge is 0.344 e. The zero-order valence-electron chi connectivity index (χ0n) is 5.68. The van der Waals surface area contributed by atoms with E-state index in [1.54, 1.807) is 0 Å². The van der Waals surface area contributed by atoms with Gasteiger partial charge in [-0.2, -0.15) is 0 Å². The van der Waals surface area contributed by atoms with Gasteiger partial charge in [0.2, 0.25) is 5.91 Å². The second-order valence-electron chi connectivity index (χ2n) is 2.22. The Balaban J connectivity index is 2.15. The van der Waals surface area contributed by atoms with Crippen molar-refractivity contribution in [3.05, 3.63) is 0 Å². The van der Waals surface area contributed by atoms with Gasteiger partial charge in [-0.25, -0.2) is 0 Å². The Hall–Kier alpha value is -1.01. The Labute approximate surface area is 60.2 Å². The summed E-state index contributed by atoms with van der Waals surface area (Å²) in [6, 6.07) is 0.00773. The third-order valence-corrected chi connectivity index (χ3v) is 1.50. The van der Waals surface area contributed by atoms with Gasteiger partial charge in [0.15, 0.2) is 0 Å². The van der Waals surface area contributed by atoms with Gasteiger partial charge in [0.25, 0.3) is 0 Å². The smallest absolute Gasteiger partial charge is 0.237 e. The lowest BCUT2D eigenvalue weighted by Crippen LogP contribution is -2.53. The first-order chi connectivity index (χ1) is 4.84. The van der Waals surface area contributed by atoms with Gasteiger partial charge in [-0.1, -0.05) is 5.92 Å². The summed E-state index contributed by atoms with van der Waals surface area (Å²) in [5.41, 5.74) is 0. The normalized spacial score (nSPS) is 22.5. The quantitative estimate of drug-likeness (QED) is 0.485. The van der Waals surface area contributed by atoms with Crippen molar-refractivity contribution in [2.75, 3.05) is 13.1 Å². The summed E-state index contributed by atoms with van der Waals surface area (Å²) in [6.45, 7) is 1.27. The van der Waals surface area contributed by atoms with Gasteiger partial charge in [-0.3, -0.25) is 4.79 Å². The molecule has 1 atom stereocenters. The van der Waals surface area contributed by atoms with Gasteiger partial charge >= 0.3 is 0 Å². The van der Waals surface area contributed by atoms with Crippen LogP contribution in [0.15, 0.2) is 0 Å². The minimum Gasteiger partial charge on any atom is -0.344 e. The topological polar surface area (TPSA) is 41.1 Å². The molecule has 3 heteroatoms. The van der Waals surface area contributed by atoms with Crippen LogP contribution in [-0.4, -0.2) is 25.0 Å². The highest BCUT2D eigenvalue weighted by Gasteiger charge is 2.23. The van der Waals surface area contributed by atoms with Crippen LogP contribution in [0, 0.1) is 12.3 Å². The highest BCUT2D eigenvalue weighted by molar-refractivity contribution is 5.82. The predicted octanol–water partition coefficient (Wildman–Crippen LogP) is -0.902. The fraction of sp³-hybridized carbons (Fsp3) is 0.571. The van der Waals surface area contributed by atoms with E-state index in [0.29, 0.717) is 6.54 Å². The van der Waals surface area contributed by atoms with Crippen LogP contribution in [0.5, 0.6) is 0 Å². The Morgan fingerprint density at radius 1 is 1.90 bits per heavy atom. The van der Waals surface area contributed by atoms with Crippen LogP contribution in [0.4, 0.5) is 0 Å². The molecule has 1 heterocycles. The number of carbonyl (C=O) groups is 1. The Kier molecular flexibility index (Phi) is 2.30. The fourth-order valence-corrected chi connectivity index (χ4v) is 0.774. The van der Waals surface area contributed by atoms with Crippen LogP contribution in [-0.2, 0) is 4.79 Å². The van der Waals surface area contributed by atoms with Crippen LogP contribution >= 0.6 is 0 Å². The van der Waals surface area contributed by atoms with E-state index in [1.807, 2.05) is 0 Å². The molecule has 1 aliphatic heterocycles. The molecule has 0 saturated carbocycles. The van der Waals surface area contributed by atoms with E-state index < -0.39 is 0 Å². The number of rotatable bonds is 2. The first-order valence-corrected chi connectivity index (χ1v) is 3.29. The van der Waals surface area contributed by atoms with Crippen molar-refractivity contribution < 1.29 is 4.79 Å². The van der Waals surface area contributed by atoms with Gasteiger partial charge < -0.3 is 10.6 Å². The van der Waals surface area contributed by atoms with Crippen LogP contribution in [0.3, 0.4) is 0 Å². The van der Waals surface area contributed by atoms with E-state index in [2.05, 4.69) is 16.6 Å². The van der Waals surface area contributed by atoms with Crippen molar-refractivity contribution in [1.29, 1.82) is 0 Å². The Bertz CT molecular complexity index is 167. The zero-order chi connectivity index (χ0) is 7.40. The second kappa shape index (κ2) is 3.23. The molecule has 1 fully saturated rings. The standard InChI is InChI=1S/C7H10N2O/c1-2-4-9-7(10)6-3-5-8-6/h1,6,8H,3-5H2,(H,9,10). The maximum atomic E-state index is 10.9. The molecule has 0 spiro atoms. The Morgan fingerprint density at radius 2 is 2.60 bits per heavy atom. The van der Waals surface area contributed by atoms with Gasteiger partial charge in [-0.05, 0) is 13.0 Å². The van der Waals surface area contributed by atoms with E-state index in [0.717, 1.165) is 13.0 Å². The number of carbonyl (C=O) groups excluding carboxylic acids is 1. The third kappa shape index (κ3) is 1.49. The second-order valence-corrected chi connectivity index (χ2v) is 2.22. The molecule has 10 heavy (non-hydrogen) atoms. The van der Waals surface area contributed by atoms with E-state index >= 15 is 0 Å². The highest BCUT2D eigenvalue weighted by Crippen LogP contribution is 2.00. The molecule has 1 saturated heterocycles. The highest BCUT2D eigenvalue weighted by atomic mass is 16.2. The lowest BCUT2D eigenvalue weighted by molar-refractivity contribution is -0.124. The van der Waals surface area contributed by atoms with Crippen molar-refractivity contribution in [3.8, 4) is 12.3 Å². The van der Waals surface area contributed by atoms with Crippen LogP contribution < -0.4 is 10.6 Å². The molecule has 1 amide bonds. The molecule has 0 radical (unpaired) electrons. The summed E-state index contributed by atoms with van der Waals surface area (Å²) in [5.74, 6) is 2.36. The number of hydrogen-bond donors (Lipinski definition) is 2. The van der Waals surface area contributed by atoms with Crippen LogP contribution in [0.25, 0.3) is 0 Å². The molecule has 0 bridgehead atoms. The molecule has 0 aliphatic carbocycles. The first kappa shape index (κ1) is 7.10. The van der Waals surface area contributed by atoms with Gasteiger partial charge in [0, 0.05) is 0 Å². The molecule has 0 aromatic heterocycles. The molecule has 1 aliphatic rings. The summed E-state index contributed by atoms with van der Waals surface area (Å²) < 4.78 is 0. The van der Waals surface area contributed by atoms with Gasteiger partial charge in [0.05, 0.1) is 12.6 Å². The number of terminal acetylenes is 1. The van der Waals surface area contributed by atoms with Gasteiger partial charge in [0.1, 0.15) is 0 Å². The summed E-state index contributed by atoms with van der Waals surface area (Å²) in [6.07, 6.45) is 5.88. The van der Waals surface area contributed by atoms with Crippen molar-refractivity contribution in [1.82, 2.24) is 10.6 Å². The van der Waals surface area contributed by atoms with Crippen molar-refractivity contribution >= 4 is 5.91 Å². The molecule has 1 rings (SSSR count). The van der Waals surface area contributed by atoms with Crippen LogP contribution in [0.1, 0.15) is 6.42 Å². The van der Waals surface area contributed by atoms with Crippen LogP contribution in [0.2, 0.25) is 0 Å². The molecular weight excluding hydrogens is 128 g/mol. The molecule has 54 valence electrons. The fourth-order valence-electron chi connectivity index (χ4n) is 0.774. The molecule has 0 aromatic rings. The number of amides is 1. The molecule has 3 nitrogen and oxygen atoms in total. The molecule has 0 aromatic carbocycles. The minimum atomic E-state index is 0.00773. The van der Waals surface area contributed by atoms with E-state index in [1.165, 1.54) is 0 Å². The first-order valence-electron chi connectivity index (χ1n) is 3.29. The zero-order valence-corrected chi connectivity index (χ0v) is 5.68. The Morgan fingerprint density at radius 3 is 3.00 bits per heavy atom. The molecule has 1 unspecified atom stereocenters. The SMILES string of the molecule is C#CCNC(=O)C1CCN1. The van der Waals surface area contributed by atoms with Crippen molar-refractivity contribution in [2.45, 2.75) is 12.5 Å². The summed E-state index contributed by atoms with van der Waals surface area (Å²) in [7, 11) is 0. The maximum absolute atomic E-state index is 10.9. The predicted molar refractivity (Wildman–Crippen MR) is 38.3 cm³/mol. The van der Waals surface area contributed by atoms with Gasteiger partial charge in [-0.15, -0.1) is 6.42 Å². The maximum Gasteiger partial charge on any atom is 0.237 e. The number of nitrogens with one attached hydrogen (secondary N) is 2. The third-order valence-electron chi connectivity index (χ3n) is 1.50. The monoisotopic (exact) mass is 138 g/mol. The lowest BCUT2D eigenvalue weighted by Gasteiger charge is -2.25.